The lowest BCUT2D eigenvalue weighted by atomic mass is 9.64. The molecule has 2 unspecified atom stereocenters. The van der Waals surface area contributed by atoms with Crippen molar-refractivity contribution in [1.29, 1.82) is 0 Å². The average Bonchev–Trinajstić information content (AvgIpc) is 2.60. The van der Waals surface area contributed by atoms with E-state index in [0.717, 1.165) is 5.76 Å². The van der Waals surface area contributed by atoms with E-state index >= 15 is 0 Å². The van der Waals surface area contributed by atoms with Crippen molar-refractivity contribution in [2.45, 2.75) is 33.1 Å². The van der Waals surface area contributed by atoms with Crippen LogP contribution in [0.1, 0.15) is 44.4 Å². The molecule has 2 bridgehead atoms. The summed E-state index contributed by atoms with van der Waals surface area (Å²) in [6.07, 6.45) is 9.95. The van der Waals surface area contributed by atoms with Crippen molar-refractivity contribution >= 4 is 6.08 Å². The van der Waals surface area contributed by atoms with Crippen LogP contribution in [0.3, 0.4) is 0 Å². The molecule has 0 saturated carbocycles. The van der Waals surface area contributed by atoms with E-state index in [2.05, 4.69) is 45.1 Å². The summed E-state index contributed by atoms with van der Waals surface area (Å²) in [5.74, 6) is 2.18. The predicted molar refractivity (Wildman–Crippen MR) is 66.1 cm³/mol. The highest BCUT2D eigenvalue weighted by Crippen LogP contribution is 2.49. The Morgan fingerprint density at radius 2 is 2.19 bits per heavy atom. The van der Waals surface area contributed by atoms with Crippen LogP contribution in [0, 0.1) is 11.3 Å². The molecule has 0 fully saturated rings. The Balaban J connectivity index is 2.20. The molecule has 1 aromatic rings. The molecule has 3 aliphatic rings. The summed E-state index contributed by atoms with van der Waals surface area (Å²) in [6.45, 7) is 6.97. The van der Waals surface area contributed by atoms with Gasteiger partial charge in [0.25, 0.3) is 0 Å². The second-order valence-electron chi connectivity index (χ2n) is 5.79. The first-order valence-electron chi connectivity index (χ1n) is 6.02. The first-order valence-corrected chi connectivity index (χ1v) is 6.02. The molecule has 0 aromatic carbocycles. The van der Waals surface area contributed by atoms with Gasteiger partial charge in [0, 0.05) is 17.4 Å². The van der Waals surface area contributed by atoms with Crippen molar-refractivity contribution in [3.63, 3.8) is 0 Å². The maximum Gasteiger partial charge on any atom is 0.117 e. The highest BCUT2D eigenvalue weighted by atomic mass is 16.3. The fourth-order valence-electron chi connectivity index (χ4n) is 3.34. The lowest BCUT2D eigenvalue weighted by Crippen LogP contribution is -2.30. The van der Waals surface area contributed by atoms with Gasteiger partial charge in [0.05, 0.1) is 6.26 Å². The highest BCUT2D eigenvalue weighted by molar-refractivity contribution is 5.56. The zero-order valence-corrected chi connectivity index (χ0v) is 10.2. The topological polar surface area (TPSA) is 13.1 Å². The van der Waals surface area contributed by atoms with Crippen molar-refractivity contribution in [1.82, 2.24) is 0 Å². The summed E-state index contributed by atoms with van der Waals surface area (Å²) >= 11 is 0. The average molecular weight is 214 g/mol. The minimum Gasteiger partial charge on any atom is -0.468 e. The van der Waals surface area contributed by atoms with Gasteiger partial charge in [-0.2, -0.15) is 0 Å². The fourth-order valence-corrected chi connectivity index (χ4v) is 3.34. The van der Waals surface area contributed by atoms with Crippen LogP contribution >= 0.6 is 0 Å². The normalized spacial score (nSPS) is 32.6. The van der Waals surface area contributed by atoms with Gasteiger partial charge >= 0.3 is 0 Å². The number of furan rings is 1. The molecular formula is C15H18O. The number of fused-ring (bicyclic) bond motifs is 1. The van der Waals surface area contributed by atoms with Gasteiger partial charge in [0.15, 0.2) is 0 Å². The van der Waals surface area contributed by atoms with Crippen LogP contribution in [0.25, 0.3) is 6.08 Å². The van der Waals surface area contributed by atoms with E-state index in [0.29, 0.717) is 17.3 Å². The molecule has 2 atom stereocenters. The zero-order valence-electron chi connectivity index (χ0n) is 10.2. The van der Waals surface area contributed by atoms with Crippen molar-refractivity contribution in [3.05, 3.63) is 41.4 Å². The third-order valence-electron chi connectivity index (χ3n) is 4.07. The molecule has 84 valence electrons. The quantitative estimate of drug-likeness (QED) is 0.584. The minimum absolute atomic E-state index is 0.338. The first-order chi connectivity index (χ1) is 7.58. The van der Waals surface area contributed by atoms with E-state index < -0.39 is 0 Å². The van der Waals surface area contributed by atoms with Crippen molar-refractivity contribution < 1.29 is 4.42 Å². The van der Waals surface area contributed by atoms with Crippen LogP contribution in [0.15, 0.2) is 34.5 Å². The smallest absolute Gasteiger partial charge is 0.117 e. The standard InChI is InChI=1S/C15H18O/c1-10-8-12-9-15(2,3)13(10)5-4-11-6-7-16-14(11)12/h4-8,12-13H,9H2,1-3H3/b5-4-. The maximum atomic E-state index is 5.67. The molecular weight excluding hydrogens is 196 g/mol. The Morgan fingerprint density at radius 1 is 1.38 bits per heavy atom. The summed E-state index contributed by atoms with van der Waals surface area (Å²) in [5.41, 5.74) is 3.08. The second kappa shape index (κ2) is 3.13. The number of allylic oxidation sites excluding steroid dienone is 3. The van der Waals surface area contributed by atoms with E-state index in [-0.39, 0.29) is 0 Å². The molecule has 1 aromatic heterocycles. The van der Waals surface area contributed by atoms with Gasteiger partial charge in [-0.05, 0) is 24.8 Å². The van der Waals surface area contributed by atoms with Gasteiger partial charge in [0.2, 0.25) is 0 Å². The second-order valence-corrected chi connectivity index (χ2v) is 5.79. The van der Waals surface area contributed by atoms with Crippen LogP contribution in [-0.4, -0.2) is 0 Å². The molecule has 0 radical (unpaired) electrons. The summed E-state index contributed by atoms with van der Waals surface area (Å²) in [6, 6.07) is 2.07. The number of rotatable bonds is 0. The number of hydrogen-bond acceptors (Lipinski definition) is 1. The van der Waals surface area contributed by atoms with Gasteiger partial charge < -0.3 is 4.42 Å². The van der Waals surface area contributed by atoms with Gasteiger partial charge in [0.1, 0.15) is 5.76 Å². The van der Waals surface area contributed by atoms with Crippen molar-refractivity contribution in [3.8, 4) is 0 Å². The van der Waals surface area contributed by atoms with Crippen molar-refractivity contribution in [2.75, 3.05) is 0 Å². The number of hydrogen-bond donors (Lipinski definition) is 0. The Morgan fingerprint density at radius 3 is 2.94 bits per heavy atom. The van der Waals surface area contributed by atoms with E-state index in [1.54, 1.807) is 0 Å². The first kappa shape index (κ1) is 9.95. The Kier molecular flexibility index (Phi) is 1.95. The van der Waals surface area contributed by atoms with Gasteiger partial charge in [-0.15, -0.1) is 0 Å². The summed E-state index contributed by atoms with van der Waals surface area (Å²) in [5, 5.41) is 0. The van der Waals surface area contributed by atoms with Crippen LogP contribution in [-0.2, 0) is 0 Å². The molecule has 1 heterocycles. The third kappa shape index (κ3) is 1.31. The van der Waals surface area contributed by atoms with E-state index in [9.17, 15) is 0 Å². The van der Waals surface area contributed by atoms with Crippen molar-refractivity contribution in [2.24, 2.45) is 11.3 Å². The van der Waals surface area contributed by atoms with Crippen LogP contribution in [0.4, 0.5) is 0 Å². The largest absolute Gasteiger partial charge is 0.468 e. The van der Waals surface area contributed by atoms with Gasteiger partial charge in [-0.1, -0.05) is 37.6 Å². The molecule has 0 aliphatic heterocycles. The summed E-state index contributed by atoms with van der Waals surface area (Å²) < 4.78 is 5.67. The SMILES string of the molecule is CC1=CC2CC(C)(C)C1/C=C\c1ccoc12. The maximum absolute atomic E-state index is 5.67. The molecule has 0 amide bonds. The highest BCUT2D eigenvalue weighted by Gasteiger charge is 2.38. The van der Waals surface area contributed by atoms with Gasteiger partial charge in [-0.25, -0.2) is 0 Å². The van der Waals surface area contributed by atoms with E-state index in [1.807, 2.05) is 6.26 Å². The molecule has 0 saturated heterocycles. The third-order valence-corrected chi connectivity index (χ3v) is 4.07. The van der Waals surface area contributed by atoms with Crippen LogP contribution in [0.5, 0.6) is 0 Å². The molecule has 16 heavy (non-hydrogen) atoms. The lowest BCUT2D eigenvalue weighted by Gasteiger charge is -2.41. The fraction of sp³-hybridized carbons (Fsp3) is 0.467. The summed E-state index contributed by atoms with van der Waals surface area (Å²) in [4.78, 5) is 0. The lowest BCUT2D eigenvalue weighted by molar-refractivity contribution is 0.230. The Labute approximate surface area is 96.8 Å². The zero-order chi connectivity index (χ0) is 11.3. The monoisotopic (exact) mass is 214 g/mol. The molecule has 0 N–H and O–H groups in total. The minimum atomic E-state index is 0.338. The molecule has 3 aliphatic carbocycles. The Hall–Kier alpha value is -1.24. The molecule has 1 nitrogen and oxygen atoms in total. The molecule has 1 heteroatoms. The predicted octanol–water partition coefficient (Wildman–Crippen LogP) is 4.38. The summed E-state index contributed by atoms with van der Waals surface area (Å²) in [7, 11) is 0. The van der Waals surface area contributed by atoms with E-state index in [1.165, 1.54) is 17.6 Å². The van der Waals surface area contributed by atoms with Gasteiger partial charge in [-0.3, -0.25) is 0 Å². The van der Waals surface area contributed by atoms with Crippen LogP contribution < -0.4 is 0 Å². The van der Waals surface area contributed by atoms with E-state index in [4.69, 9.17) is 4.42 Å². The Bertz CT molecular complexity index is 473. The molecule has 4 rings (SSSR count). The molecule has 0 spiro atoms. The van der Waals surface area contributed by atoms with Crippen LogP contribution in [0.2, 0.25) is 0 Å².